The average molecular weight is 360 g/mol. The van der Waals surface area contributed by atoms with Crippen LogP contribution in [0.5, 0.6) is 0 Å². The van der Waals surface area contributed by atoms with E-state index in [4.69, 9.17) is 0 Å². The van der Waals surface area contributed by atoms with Crippen molar-refractivity contribution in [2.45, 2.75) is 4.90 Å². The molecule has 132 valence electrons. The minimum absolute atomic E-state index is 0.145. The van der Waals surface area contributed by atoms with E-state index in [0.717, 1.165) is 12.1 Å². The number of sulfonamides is 1. The Morgan fingerprint density at radius 2 is 1.56 bits per heavy atom. The summed E-state index contributed by atoms with van der Waals surface area (Å²) in [6, 6.07) is 15.1. The van der Waals surface area contributed by atoms with Crippen LogP contribution in [0, 0.1) is 5.82 Å². The Kier molecular flexibility index (Phi) is 5.63. The minimum atomic E-state index is -3.54. The van der Waals surface area contributed by atoms with Crippen molar-refractivity contribution in [1.82, 2.24) is 9.21 Å². The largest absolute Gasteiger partial charge is 0.297 e. The molecule has 1 fully saturated rings. The zero-order chi connectivity index (χ0) is 17.7. The maximum absolute atomic E-state index is 13.0. The molecule has 25 heavy (non-hydrogen) atoms. The summed E-state index contributed by atoms with van der Waals surface area (Å²) in [5.41, 5.74) is 1.15. The van der Waals surface area contributed by atoms with E-state index in [1.54, 1.807) is 0 Å². The van der Waals surface area contributed by atoms with Gasteiger partial charge in [-0.2, -0.15) is 4.31 Å². The number of benzene rings is 2. The lowest BCUT2D eigenvalue weighted by molar-refractivity contribution is 0.204. The molecule has 1 aliphatic rings. The first-order valence-electron chi connectivity index (χ1n) is 8.25. The Morgan fingerprint density at radius 3 is 2.20 bits per heavy atom. The van der Waals surface area contributed by atoms with Gasteiger partial charge >= 0.3 is 0 Å². The van der Waals surface area contributed by atoms with E-state index in [1.165, 1.54) is 28.6 Å². The molecule has 6 heteroatoms. The Morgan fingerprint density at radius 1 is 0.920 bits per heavy atom. The van der Waals surface area contributed by atoms with Gasteiger partial charge in [0.05, 0.1) is 4.90 Å². The van der Waals surface area contributed by atoms with Crippen LogP contribution >= 0.6 is 0 Å². The Hall–Kier alpha value is -2.02. The first-order chi connectivity index (χ1) is 12.1. The Labute approximate surface area is 148 Å². The van der Waals surface area contributed by atoms with E-state index < -0.39 is 15.8 Å². The highest BCUT2D eigenvalue weighted by Crippen LogP contribution is 2.18. The summed E-state index contributed by atoms with van der Waals surface area (Å²) in [5.74, 6) is -0.436. The lowest BCUT2D eigenvalue weighted by Crippen LogP contribution is -2.48. The summed E-state index contributed by atoms with van der Waals surface area (Å²) < 4.78 is 39.6. The predicted octanol–water partition coefficient (Wildman–Crippen LogP) is 2.85. The molecule has 0 amide bonds. The number of nitrogens with zero attached hydrogens (tertiary/aromatic N) is 2. The summed E-state index contributed by atoms with van der Waals surface area (Å²) in [6.07, 6.45) is 4.17. The van der Waals surface area contributed by atoms with Crippen molar-refractivity contribution in [3.63, 3.8) is 0 Å². The Bertz CT molecular complexity index is 812. The monoisotopic (exact) mass is 360 g/mol. The molecule has 2 aromatic rings. The second-order valence-corrected chi connectivity index (χ2v) is 7.91. The maximum atomic E-state index is 13.0. The quantitative estimate of drug-likeness (QED) is 0.823. The van der Waals surface area contributed by atoms with Crippen molar-refractivity contribution >= 4 is 16.1 Å². The molecule has 1 saturated heterocycles. The highest BCUT2D eigenvalue weighted by Gasteiger charge is 2.27. The molecule has 0 unspecified atom stereocenters. The fourth-order valence-corrected chi connectivity index (χ4v) is 4.23. The van der Waals surface area contributed by atoms with Crippen LogP contribution in [0.3, 0.4) is 0 Å². The fourth-order valence-electron chi connectivity index (χ4n) is 2.81. The van der Waals surface area contributed by atoms with E-state index in [1.807, 2.05) is 30.3 Å². The maximum Gasteiger partial charge on any atom is 0.243 e. The molecule has 4 nitrogen and oxygen atoms in total. The molecule has 1 heterocycles. The SMILES string of the molecule is O=S(=O)(c1ccc(F)cc1)N1CCN(CC=Cc2ccccc2)CC1. The van der Waals surface area contributed by atoms with E-state index in [0.29, 0.717) is 26.2 Å². The third kappa shape index (κ3) is 4.54. The van der Waals surface area contributed by atoms with Gasteiger partial charge in [0.1, 0.15) is 5.82 Å². The molecule has 0 bridgehead atoms. The van der Waals surface area contributed by atoms with E-state index in [2.05, 4.69) is 17.1 Å². The van der Waals surface area contributed by atoms with Crippen molar-refractivity contribution in [2.75, 3.05) is 32.7 Å². The predicted molar refractivity (Wildman–Crippen MR) is 97.1 cm³/mol. The molecule has 2 aromatic carbocycles. The number of piperazine rings is 1. The molecule has 1 aliphatic heterocycles. The molecule has 0 aliphatic carbocycles. The average Bonchev–Trinajstić information content (AvgIpc) is 2.63. The third-order valence-corrected chi connectivity index (χ3v) is 6.17. The van der Waals surface area contributed by atoms with E-state index >= 15 is 0 Å². The first kappa shape index (κ1) is 17.8. The van der Waals surface area contributed by atoms with Crippen LogP contribution in [0.4, 0.5) is 4.39 Å². The highest BCUT2D eigenvalue weighted by molar-refractivity contribution is 7.89. The van der Waals surface area contributed by atoms with Gasteiger partial charge in [0.15, 0.2) is 0 Å². The van der Waals surface area contributed by atoms with Crippen molar-refractivity contribution in [3.8, 4) is 0 Å². The molecule has 0 atom stereocenters. The van der Waals surface area contributed by atoms with E-state index in [-0.39, 0.29) is 4.90 Å². The van der Waals surface area contributed by atoms with Gasteiger partial charge in [-0.25, -0.2) is 12.8 Å². The van der Waals surface area contributed by atoms with Gasteiger partial charge in [0, 0.05) is 32.7 Å². The van der Waals surface area contributed by atoms with Crippen LogP contribution in [0.25, 0.3) is 6.08 Å². The van der Waals surface area contributed by atoms with Crippen LogP contribution in [-0.2, 0) is 10.0 Å². The first-order valence-corrected chi connectivity index (χ1v) is 9.69. The van der Waals surface area contributed by atoms with Gasteiger partial charge in [-0.05, 0) is 29.8 Å². The summed E-state index contributed by atoms with van der Waals surface area (Å²) in [5, 5.41) is 0. The van der Waals surface area contributed by atoms with Crippen LogP contribution in [-0.4, -0.2) is 50.3 Å². The van der Waals surface area contributed by atoms with Crippen molar-refractivity contribution < 1.29 is 12.8 Å². The number of halogens is 1. The lowest BCUT2D eigenvalue weighted by atomic mass is 10.2. The van der Waals surface area contributed by atoms with Gasteiger partial charge in [0.25, 0.3) is 0 Å². The van der Waals surface area contributed by atoms with Crippen molar-refractivity contribution in [3.05, 3.63) is 72.1 Å². The number of hydrogen-bond donors (Lipinski definition) is 0. The van der Waals surface area contributed by atoms with Crippen LogP contribution < -0.4 is 0 Å². The zero-order valence-corrected chi connectivity index (χ0v) is 14.7. The summed E-state index contributed by atoms with van der Waals surface area (Å²) in [4.78, 5) is 2.36. The Balaban J connectivity index is 1.54. The van der Waals surface area contributed by atoms with Gasteiger partial charge < -0.3 is 0 Å². The third-order valence-electron chi connectivity index (χ3n) is 4.26. The molecule has 0 radical (unpaired) electrons. The smallest absolute Gasteiger partial charge is 0.243 e. The van der Waals surface area contributed by atoms with Gasteiger partial charge in [-0.1, -0.05) is 42.5 Å². The number of rotatable bonds is 5. The second-order valence-electron chi connectivity index (χ2n) is 5.97. The van der Waals surface area contributed by atoms with Gasteiger partial charge in [-0.15, -0.1) is 0 Å². The molecular formula is C19H21FN2O2S. The minimum Gasteiger partial charge on any atom is -0.297 e. The van der Waals surface area contributed by atoms with Crippen molar-refractivity contribution in [2.24, 2.45) is 0 Å². The topological polar surface area (TPSA) is 40.6 Å². The van der Waals surface area contributed by atoms with Crippen molar-refractivity contribution in [1.29, 1.82) is 0 Å². The number of hydrogen-bond acceptors (Lipinski definition) is 3. The fraction of sp³-hybridized carbons (Fsp3) is 0.263. The molecule has 0 spiro atoms. The van der Waals surface area contributed by atoms with Gasteiger partial charge in [-0.3, -0.25) is 4.90 Å². The van der Waals surface area contributed by atoms with E-state index in [9.17, 15) is 12.8 Å². The van der Waals surface area contributed by atoms with Crippen LogP contribution in [0.1, 0.15) is 5.56 Å². The normalized spacial score (nSPS) is 17.2. The molecule has 0 aromatic heterocycles. The van der Waals surface area contributed by atoms with Crippen LogP contribution in [0.2, 0.25) is 0 Å². The highest BCUT2D eigenvalue weighted by atomic mass is 32.2. The summed E-state index contributed by atoms with van der Waals surface area (Å²) in [6.45, 7) is 3.04. The standard InChI is InChI=1S/C19H21FN2O2S/c20-18-8-10-19(11-9-18)25(23,24)22-15-13-21(14-16-22)12-4-7-17-5-2-1-3-6-17/h1-11H,12-16H2. The lowest BCUT2D eigenvalue weighted by Gasteiger charge is -2.33. The second kappa shape index (κ2) is 7.91. The zero-order valence-electron chi connectivity index (χ0n) is 13.9. The molecular weight excluding hydrogens is 339 g/mol. The molecule has 3 rings (SSSR count). The summed E-state index contributed by atoms with van der Waals surface area (Å²) in [7, 11) is -3.54. The van der Waals surface area contributed by atoms with Gasteiger partial charge in [0.2, 0.25) is 10.0 Å². The summed E-state index contributed by atoms with van der Waals surface area (Å²) >= 11 is 0. The van der Waals surface area contributed by atoms with Crippen LogP contribution in [0.15, 0.2) is 65.6 Å². The molecule has 0 saturated carbocycles. The molecule has 0 N–H and O–H groups in total.